The Bertz CT molecular complexity index is 1750. The highest BCUT2D eigenvalue weighted by Crippen LogP contribution is 2.43. The minimum absolute atomic E-state index is 0.0449. The number of azo groups is 2. The van der Waals surface area contributed by atoms with Crippen molar-refractivity contribution >= 4 is 66.3 Å². The van der Waals surface area contributed by atoms with E-state index in [9.17, 15) is 31.0 Å². The van der Waals surface area contributed by atoms with Crippen molar-refractivity contribution < 1.29 is 40.8 Å². The van der Waals surface area contributed by atoms with Gasteiger partial charge in [-0.1, -0.05) is 12.1 Å². The second kappa shape index (κ2) is 12.1. The van der Waals surface area contributed by atoms with E-state index in [0.717, 1.165) is 24.3 Å². The van der Waals surface area contributed by atoms with Crippen LogP contribution in [-0.2, 0) is 24.7 Å². The summed E-state index contributed by atoms with van der Waals surface area (Å²) in [6, 6.07) is 10.1. The van der Waals surface area contributed by atoms with Gasteiger partial charge in [0.05, 0.1) is 47.0 Å². The van der Waals surface area contributed by atoms with Crippen LogP contribution in [0.15, 0.2) is 78.8 Å². The topological polar surface area (TPSA) is 254 Å². The van der Waals surface area contributed by atoms with Gasteiger partial charge in [0.25, 0.3) is 10.1 Å². The van der Waals surface area contributed by atoms with Gasteiger partial charge in [0.15, 0.2) is 16.1 Å². The van der Waals surface area contributed by atoms with Crippen molar-refractivity contribution in [2.24, 2.45) is 20.5 Å². The summed E-state index contributed by atoms with van der Waals surface area (Å²) in [7, 11) is -7.63. The Morgan fingerprint density at radius 3 is 2.20 bits per heavy atom. The summed E-state index contributed by atoms with van der Waals surface area (Å²) in [5.41, 5.74) is 10.0. The zero-order valence-electron chi connectivity index (χ0n) is 20.6. The molecule has 0 fully saturated rings. The van der Waals surface area contributed by atoms with Gasteiger partial charge < -0.3 is 21.3 Å². The fourth-order valence-corrected chi connectivity index (χ4v) is 4.96. The molecule has 0 aliphatic heterocycles. The summed E-state index contributed by atoms with van der Waals surface area (Å²) in [5.74, 6) is -1.28. The summed E-state index contributed by atoms with van der Waals surface area (Å²) in [6.45, 7) is -0.628. The number of hydrogen-bond donors (Lipinski definition) is 4. The van der Waals surface area contributed by atoms with E-state index in [0.29, 0.717) is 6.29 Å². The number of sulfone groups is 1. The van der Waals surface area contributed by atoms with Gasteiger partial charge in [-0.2, -0.15) is 8.42 Å². The smallest absolute Gasteiger partial charge is 0.340 e. The highest BCUT2D eigenvalue weighted by Gasteiger charge is 2.23. The molecule has 0 heterocycles. The van der Waals surface area contributed by atoms with E-state index < -0.39 is 54.6 Å². The van der Waals surface area contributed by atoms with E-state index in [1.54, 1.807) is 12.1 Å². The van der Waals surface area contributed by atoms with Gasteiger partial charge in [0, 0.05) is 5.56 Å². The Hall–Kier alpha value is -4.58. The molecule has 0 radical (unpaired) electrons. The summed E-state index contributed by atoms with van der Waals surface area (Å²) in [4.78, 5) is 22.5. The molecule has 0 aromatic heterocycles. The molecular weight excluding hydrogens is 568 g/mol. The summed E-state index contributed by atoms with van der Waals surface area (Å²) in [5, 5.41) is 24.5. The molecule has 0 saturated carbocycles. The maximum absolute atomic E-state index is 12.2. The molecule has 6 N–H and O–H groups in total. The van der Waals surface area contributed by atoms with E-state index >= 15 is 0 Å². The first kappa shape index (κ1) is 30.0. The number of nitrogens with zero attached hydrogens (tertiary/aromatic N) is 4. The first-order valence-corrected chi connectivity index (χ1v) is 14.1. The molecule has 0 aliphatic rings. The molecular formula is C23H22N6O9S2. The van der Waals surface area contributed by atoms with Crippen LogP contribution in [0.1, 0.15) is 20.7 Å². The molecule has 15 nitrogen and oxygen atoms in total. The lowest BCUT2D eigenvalue weighted by Gasteiger charge is -2.11. The lowest BCUT2D eigenvalue weighted by atomic mass is 10.2. The third kappa shape index (κ3) is 6.52. The number of aliphatic hydroxyl groups excluding tert-OH is 1. The Labute approximate surface area is 227 Å². The largest absolute Gasteiger partial charge is 0.465 e. The number of methoxy groups -OCH3 is 1. The van der Waals surface area contributed by atoms with Crippen LogP contribution in [-0.4, -0.2) is 58.2 Å². The van der Waals surface area contributed by atoms with Crippen LogP contribution in [0.2, 0.25) is 0 Å². The highest BCUT2D eigenvalue weighted by molar-refractivity contribution is 7.91. The van der Waals surface area contributed by atoms with Gasteiger partial charge in [-0.3, -0.25) is 9.35 Å². The molecule has 0 spiro atoms. The van der Waals surface area contributed by atoms with Crippen LogP contribution >= 0.6 is 0 Å². The summed E-state index contributed by atoms with van der Waals surface area (Å²) < 4.78 is 62.8. The zero-order valence-corrected chi connectivity index (χ0v) is 22.3. The van der Waals surface area contributed by atoms with E-state index in [-0.39, 0.29) is 38.8 Å². The number of aldehydes is 1. The highest BCUT2D eigenvalue weighted by atomic mass is 32.2. The molecule has 40 heavy (non-hydrogen) atoms. The number of nitrogen functional groups attached to an aromatic ring is 2. The maximum Gasteiger partial charge on any atom is 0.340 e. The standard InChI is InChI=1S/C23H22N6O9S2/c1-38-23(32)15-4-2-3-5-17(15)27-28-18-11-19(40(35,36)37)21(25)22(20(18)24)29-26-16-7-6-14(10-13(16)12-31)39(33,34)9-8-30/h2-7,10-12,30H,8-9,24-25H2,1H3,(H,35,36,37)/b28-27+,29-26+. The number of hydrogen-bond acceptors (Lipinski definition) is 14. The van der Waals surface area contributed by atoms with E-state index in [1.807, 2.05) is 0 Å². The average Bonchev–Trinajstić information content (AvgIpc) is 2.91. The van der Waals surface area contributed by atoms with Crippen LogP contribution in [0.5, 0.6) is 0 Å². The van der Waals surface area contributed by atoms with E-state index in [4.69, 9.17) is 21.3 Å². The predicted octanol–water partition coefficient (Wildman–Crippen LogP) is 3.29. The Morgan fingerprint density at radius 2 is 1.57 bits per heavy atom. The maximum atomic E-state index is 12.2. The van der Waals surface area contributed by atoms with Crippen molar-refractivity contribution in [3.8, 4) is 0 Å². The normalized spacial score (nSPS) is 12.2. The SMILES string of the molecule is COC(=O)c1ccccc1/N=N/c1cc(S(=O)(=O)O)c(N)c(/N=N/c2ccc(S(=O)(=O)CCO)cc2C=O)c1N. The number of nitrogens with two attached hydrogens (primary N) is 2. The fraction of sp³-hybridized carbons (Fsp3) is 0.130. The molecule has 0 aliphatic carbocycles. The molecule has 0 unspecified atom stereocenters. The second-order valence-corrected chi connectivity index (χ2v) is 11.3. The predicted molar refractivity (Wildman–Crippen MR) is 142 cm³/mol. The Balaban J connectivity index is 2.15. The van der Waals surface area contributed by atoms with Gasteiger partial charge in [0.2, 0.25) is 0 Å². The summed E-state index contributed by atoms with van der Waals surface area (Å²) in [6.07, 6.45) is 0.312. The molecule has 3 aromatic rings. The number of anilines is 2. The minimum Gasteiger partial charge on any atom is -0.465 e. The number of benzene rings is 3. The number of rotatable bonds is 10. The van der Waals surface area contributed by atoms with Crippen molar-refractivity contribution in [1.29, 1.82) is 0 Å². The van der Waals surface area contributed by atoms with Crippen LogP contribution in [0.25, 0.3) is 0 Å². The number of aliphatic hydroxyl groups is 1. The summed E-state index contributed by atoms with van der Waals surface area (Å²) >= 11 is 0. The lowest BCUT2D eigenvalue weighted by Crippen LogP contribution is -2.10. The number of carbonyl (C=O) groups is 2. The quantitative estimate of drug-likeness (QED) is 0.0875. The first-order valence-electron chi connectivity index (χ1n) is 11.0. The van der Waals surface area contributed by atoms with Gasteiger partial charge in [0.1, 0.15) is 22.0 Å². The molecule has 0 atom stereocenters. The second-order valence-electron chi connectivity index (χ2n) is 7.83. The number of carbonyl (C=O) groups excluding carboxylic acids is 2. The van der Waals surface area contributed by atoms with Gasteiger partial charge in [-0.05, 0) is 36.4 Å². The molecule has 0 saturated heterocycles. The molecule has 0 bridgehead atoms. The van der Waals surface area contributed by atoms with Gasteiger partial charge >= 0.3 is 5.97 Å². The van der Waals surface area contributed by atoms with E-state index in [1.165, 1.54) is 19.2 Å². The third-order valence-electron chi connectivity index (χ3n) is 5.28. The van der Waals surface area contributed by atoms with Gasteiger partial charge in [-0.15, -0.1) is 20.5 Å². The van der Waals surface area contributed by atoms with Crippen molar-refractivity contribution in [2.45, 2.75) is 9.79 Å². The monoisotopic (exact) mass is 590 g/mol. The van der Waals surface area contributed by atoms with Crippen molar-refractivity contribution in [1.82, 2.24) is 0 Å². The Morgan fingerprint density at radius 1 is 0.925 bits per heavy atom. The van der Waals surface area contributed by atoms with Crippen LogP contribution in [0, 0.1) is 0 Å². The average molecular weight is 591 g/mol. The van der Waals surface area contributed by atoms with Crippen LogP contribution in [0.4, 0.5) is 34.1 Å². The first-order chi connectivity index (χ1) is 18.8. The number of ether oxygens (including phenoxy) is 1. The molecule has 0 amide bonds. The van der Waals surface area contributed by atoms with E-state index in [2.05, 4.69) is 20.5 Å². The van der Waals surface area contributed by atoms with Crippen molar-refractivity contribution in [2.75, 3.05) is 30.9 Å². The minimum atomic E-state index is -4.93. The Kier molecular flexibility index (Phi) is 9.05. The zero-order chi connectivity index (χ0) is 29.7. The van der Waals surface area contributed by atoms with Crippen molar-refractivity contribution in [3.63, 3.8) is 0 Å². The molecule has 17 heteroatoms. The number of esters is 1. The van der Waals surface area contributed by atoms with Crippen LogP contribution < -0.4 is 11.5 Å². The molecule has 210 valence electrons. The molecule has 3 aromatic carbocycles. The van der Waals surface area contributed by atoms with Crippen molar-refractivity contribution in [3.05, 3.63) is 59.7 Å². The lowest BCUT2D eigenvalue weighted by molar-refractivity contribution is 0.0601. The van der Waals surface area contributed by atoms with Gasteiger partial charge in [-0.25, -0.2) is 13.2 Å². The third-order valence-corrected chi connectivity index (χ3v) is 7.86. The van der Waals surface area contributed by atoms with Crippen LogP contribution in [0.3, 0.4) is 0 Å². The fourth-order valence-electron chi connectivity index (χ4n) is 3.27. The molecule has 3 rings (SSSR count).